The van der Waals surface area contributed by atoms with Crippen molar-refractivity contribution in [1.29, 1.82) is 0 Å². The number of nitrogens with zero attached hydrogens (tertiary/aromatic N) is 3. The number of halogens is 3. The maximum absolute atomic E-state index is 13.4. The monoisotopic (exact) mass is 495 g/mol. The standard InChI is InChI=1S/C27H24F3N3O3/c1-17-16-32(12-13-33(17)26(34)18-6-4-3-5-7-18)25-21-10-9-20(35-2)15-24(21)36-23-11-8-19(27(28,29)30)14-22(23)31-25/h3-11,14-15,17H,12-13,16H2,1-2H3/t17-/m0/s1. The van der Waals surface area contributed by atoms with Crippen molar-refractivity contribution in [3.05, 3.63) is 83.4 Å². The largest absolute Gasteiger partial charge is 0.497 e. The number of hydrogen-bond donors (Lipinski definition) is 0. The molecule has 5 rings (SSSR count). The van der Waals surface area contributed by atoms with E-state index >= 15 is 0 Å². The van der Waals surface area contributed by atoms with E-state index in [2.05, 4.69) is 4.99 Å². The van der Waals surface area contributed by atoms with Gasteiger partial charge in [-0.1, -0.05) is 18.2 Å². The Labute approximate surface area is 206 Å². The van der Waals surface area contributed by atoms with Crippen molar-refractivity contribution in [2.75, 3.05) is 26.7 Å². The molecule has 1 atom stereocenters. The van der Waals surface area contributed by atoms with Crippen LogP contribution in [0, 0.1) is 0 Å². The molecule has 6 nitrogen and oxygen atoms in total. The summed E-state index contributed by atoms with van der Waals surface area (Å²) in [4.78, 5) is 21.5. The quantitative estimate of drug-likeness (QED) is 0.455. The zero-order valence-corrected chi connectivity index (χ0v) is 19.7. The predicted octanol–water partition coefficient (Wildman–Crippen LogP) is 5.74. The molecule has 2 heterocycles. The van der Waals surface area contributed by atoms with Crippen LogP contribution in [0.5, 0.6) is 17.2 Å². The van der Waals surface area contributed by atoms with E-state index in [1.54, 1.807) is 30.3 Å². The molecule has 2 aliphatic heterocycles. The number of carbonyl (C=O) groups is 1. The topological polar surface area (TPSA) is 54.4 Å². The average Bonchev–Trinajstić information content (AvgIpc) is 3.04. The zero-order valence-electron chi connectivity index (χ0n) is 19.7. The molecular formula is C27H24F3N3O3. The number of alkyl halides is 3. The van der Waals surface area contributed by atoms with Gasteiger partial charge < -0.3 is 19.3 Å². The minimum atomic E-state index is -4.51. The fraction of sp³-hybridized carbons (Fsp3) is 0.259. The van der Waals surface area contributed by atoms with Crippen molar-refractivity contribution >= 4 is 17.4 Å². The molecule has 9 heteroatoms. The van der Waals surface area contributed by atoms with Crippen LogP contribution in [0.25, 0.3) is 0 Å². The van der Waals surface area contributed by atoms with Crippen LogP contribution in [0.15, 0.2) is 71.7 Å². The molecule has 0 bridgehead atoms. The third-order valence-electron chi connectivity index (χ3n) is 6.37. The molecule has 2 aliphatic rings. The Morgan fingerprint density at radius 3 is 2.50 bits per heavy atom. The van der Waals surface area contributed by atoms with E-state index in [4.69, 9.17) is 9.47 Å². The highest BCUT2D eigenvalue weighted by molar-refractivity contribution is 6.04. The van der Waals surface area contributed by atoms with Gasteiger partial charge >= 0.3 is 6.18 Å². The van der Waals surface area contributed by atoms with Crippen LogP contribution < -0.4 is 9.47 Å². The molecule has 0 aliphatic carbocycles. The molecule has 3 aromatic rings. The van der Waals surface area contributed by atoms with Crippen molar-refractivity contribution in [3.8, 4) is 17.2 Å². The Morgan fingerprint density at radius 1 is 1.03 bits per heavy atom. The lowest BCUT2D eigenvalue weighted by Gasteiger charge is -2.41. The lowest BCUT2D eigenvalue weighted by molar-refractivity contribution is -0.137. The van der Waals surface area contributed by atoms with Crippen LogP contribution >= 0.6 is 0 Å². The highest BCUT2D eigenvalue weighted by Crippen LogP contribution is 2.42. The lowest BCUT2D eigenvalue weighted by Crippen LogP contribution is -2.55. The molecular weight excluding hydrogens is 471 g/mol. The van der Waals surface area contributed by atoms with Gasteiger partial charge in [0.25, 0.3) is 5.91 Å². The smallest absolute Gasteiger partial charge is 0.416 e. The van der Waals surface area contributed by atoms with E-state index in [0.717, 1.165) is 12.1 Å². The first-order valence-corrected chi connectivity index (χ1v) is 11.5. The molecule has 0 aromatic heterocycles. The van der Waals surface area contributed by atoms with Gasteiger partial charge in [0.05, 0.1) is 18.2 Å². The van der Waals surface area contributed by atoms with Crippen molar-refractivity contribution in [3.63, 3.8) is 0 Å². The molecule has 0 unspecified atom stereocenters. The molecule has 186 valence electrons. The van der Waals surface area contributed by atoms with E-state index in [1.165, 1.54) is 13.2 Å². The summed E-state index contributed by atoms with van der Waals surface area (Å²) in [5.74, 6) is 1.64. The highest BCUT2D eigenvalue weighted by atomic mass is 19.4. The summed E-state index contributed by atoms with van der Waals surface area (Å²) in [6, 6.07) is 17.4. The summed E-state index contributed by atoms with van der Waals surface area (Å²) in [7, 11) is 1.53. The molecule has 1 saturated heterocycles. The minimum absolute atomic E-state index is 0.0563. The Morgan fingerprint density at radius 2 is 1.81 bits per heavy atom. The number of piperazine rings is 1. The van der Waals surface area contributed by atoms with E-state index < -0.39 is 11.7 Å². The van der Waals surface area contributed by atoms with Gasteiger partial charge in [-0.2, -0.15) is 13.2 Å². The molecule has 0 saturated carbocycles. The second-order valence-electron chi connectivity index (χ2n) is 8.74. The van der Waals surface area contributed by atoms with Gasteiger partial charge in [0.2, 0.25) is 0 Å². The van der Waals surface area contributed by atoms with Crippen LogP contribution in [0.2, 0.25) is 0 Å². The van der Waals surface area contributed by atoms with Crippen molar-refractivity contribution < 1.29 is 27.4 Å². The number of hydrogen-bond acceptors (Lipinski definition) is 5. The Hall–Kier alpha value is -4.01. The summed E-state index contributed by atoms with van der Waals surface area (Å²) in [5, 5.41) is 0. The molecule has 0 N–H and O–H groups in total. The van der Waals surface area contributed by atoms with Gasteiger partial charge in [-0.05, 0) is 49.4 Å². The van der Waals surface area contributed by atoms with Gasteiger partial charge in [0.1, 0.15) is 23.0 Å². The van der Waals surface area contributed by atoms with Crippen LogP contribution in [0.3, 0.4) is 0 Å². The molecule has 36 heavy (non-hydrogen) atoms. The van der Waals surface area contributed by atoms with E-state index in [-0.39, 0.29) is 23.4 Å². The number of benzene rings is 3. The predicted molar refractivity (Wildman–Crippen MR) is 129 cm³/mol. The maximum atomic E-state index is 13.4. The van der Waals surface area contributed by atoms with Crippen LogP contribution in [-0.4, -0.2) is 54.3 Å². The van der Waals surface area contributed by atoms with Crippen molar-refractivity contribution in [2.45, 2.75) is 19.1 Å². The van der Waals surface area contributed by atoms with Crippen LogP contribution in [0.4, 0.5) is 18.9 Å². The van der Waals surface area contributed by atoms with Gasteiger partial charge in [0, 0.05) is 37.3 Å². The molecule has 1 fully saturated rings. The number of amides is 1. The van der Waals surface area contributed by atoms with Crippen molar-refractivity contribution in [1.82, 2.24) is 9.80 Å². The minimum Gasteiger partial charge on any atom is -0.497 e. The number of rotatable bonds is 2. The first-order valence-electron chi connectivity index (χ1n) is 11.5. The normalized spacial score (nSPS) is 17.4. The fourth-order valence-electron chi connectivity index (χ4n) is 4.50. The van der Waals surface area contributed by atoms with E-state index in [1.807, 2.05) is 34.9 Å². The Balaban J connectivity index is 1.51. The third-order valence-corrected chi connectivity index (χ3v) is 6.37. The highest BCUT2D eigenvalue weighted by Gasteiger charge is 2.34. The molecule has 0 radical (unpaired) electrons. The Kier molecular flexibility index (Phi) is 6.07. The van der Waals surface area contributed by atoms with Gasteiger partial charge in [-0.3, -0.25) is 4.79 Å². The van der Waals surface area contributed by atoms with Gasteiger partial charge in [-0.25, -0.2) is 4.99 Å². The Bertz CT molecular complexity index is 1320. The summed E-state index contributed by atoms with van der Waals surface area (Å²) in [5.41, 5.74) is 0.535. The number of aliphatic imine (C=N–C) groups is 1. The summed E-state index contributed by atoms with van der Waals surface area (Å²) in [6.45, 7) is 3.31. The molecule has 3 aromatic carbocycles. The van der Waals surface area contributed by atoms with Crippen LogP contribution in [0.1, 0.15) is 28.4 Å². The van der Waals surface area contributed by atoms with Crippen molar-refractivity contribution in [2.24, 2.45) is 4.99 Å². The maximum Gasteiger partial charge on any atom is 0.416 e. The lowest BCUT2D eigenvalue weighted by atomic mass is 10.1. The number of ether oxygens (including phenoxy) is 2. The van der Waals surface area contributed by atoms with E-state index in [0.29, 0.717) is 48.1 Å². The third kappa shape index (κ3) is 4.48. The number of methoxy groups -OCH3 is 1. The second-order valence-corrected chi connectivity index (χ2v) is 8.74. The van der Waals surface area contributed by atoms with Gasteiger partial charge in [-0.15, -0.1) is 0 Å². The van der Waals surface area contributed by atoms with Crippen LogP contribution in [-0.2, 0) is 6.18 Å². The summed E-state index contributed by atoms with van der Waals surface area (Å²) in [6.07, 6.45) is -4.51. The molecule has 0 spiro atoms. The first kappa shape index (κ1) is 23.7. The number of carbonyl (C=O) groups excluding carboxylic acids is 1. The average molecular weight is 496 g/mol. The number of fused-ring (bicyclic) bond motifs is 2. The summed E-state index contributed by atoms with van der Waals surface area (Å²) >= 11 is 0. The van der Waals surface area contributed by atoms with E-state index in [9.17, 15) is 18.0 Å². The molecule has 1 amide bonds. The summed E-state index contributed by atoms with van der Waals surface area (Å²) < 4.78 is 51.6. The second kappa shape index (κ2) is 9.22. The first-order chi connectivity index (χ1) is 17.2. The fourth-order valence-corrected chi connectivity index (χ4v) is 4.50. The number of amidine groups is 1. The SMILES string of the molecule is COc1ccc2c(c1)Oc1ccc(C(F)(F)F)cc1N=C2N1CCN(C(=O)c2ccccc2)[C@@H](C)C1. The zero-order chi connectivity index (χ0) is 25.4. The van der Waals surface area contributed by atoms with Gasteiger partial charge in [0.15, 0.2) is 5.75 Å².